The summed E-state index contributed by atoms with van der Waals surface area (Å²) < 4.78 is 4.92. The van der Waals surface area contributed by atoms with Crippen LogP contribution in [0.4, 0.5) is 0 Å². The van der Waals surface area contributed by atoms with Gasteiger partial charge >= 0.3 is 0 Å². The number of hydrogen-bond acceptors (Lipinski definition) is 4. The lowest BCUT2D eigenvalue weighted by Crippen LogP contribution is -2.04. The molecule has 0 aliphatic heterocycles. The first-order valence-electron chi connectivity index (χ1n) is 17.4. The van der Waals surface area contributed by atoms with Gasteiger partial charge in [0.2, 0.25) is 0 Å². The quantitative estimate of drug-likeness (QED) is 0.186. The fourth-order valence-corrected chi connectivity index (χ4v) is 8.88. The van der Waals surface area contributed by atoms with E-state index in [1.807, 2.05) is 29.5 Å². The topological polar surface area (TPSA) is 43.6 Å². The summed E-state index contributed by atoms with van der Waals surface area (Å²) in [5, 5.41) is 9.52. The third-order valence-corrected chi connectivity index (χ3v) is 11.4. The molecule has 0 aliphatic carbocycles. The lowest BCUT2D eigenvalue weighted by molar-refractivity contribution is 1.07. The van der Waals surface area contributed by atoms with Crippen LogP contribution in [0.15, 0.2) is 170 Å². The van der Waals surface area contributed by atoms with Gasteiger partial charge in [-0.3, -0.25) is 0 Å². The third-order valence-electron chi connectivity index (χ3n) is 10.2. The molecule has 0 radical (unpaired) electrons. The zero-order valence-electron chi connectivity index (χ0n) is 27.9. The van der Waals surface area contributed by atoms with Crippen molar-refractivity contribution >= 4 is 74.9 Å². The molecule has 8 aromatic carbocycles. The van der Waals surface area contributed by atoms with E-state index in [2.05, 4.69) is 156 Å². The van der Waals surface area contributed by atoms with Gasteiger partial charge in [-0.05, 0) is 70.1 Å². The van der Waals surface area contributed by atoms with E-state index in [1.54, 1.807) is 0 Å². The molecule has 0 fully saturated rings. The molecule has 0 bridgehead atoms. The molecule has 52 heavy (non-hydrogen) atoms. The van der Waals surface area contributed by atoms with Crippen LogP contribution in [0.1, 0.15) is 0 Å². The van der Waals surface area contributed by atoms with E-state index in [-0.39, 0.29) is 0 Å². The molecule has 0 atom stereocenters. The number of rotatable bonds is 4. The molecule has 0 N–H and O–H groups in total. The highest BCUT2D eigenvalue weighted by Crippen LogP contribution is 2.41. The van der Waals surface area contributed by atoms with Crippen LogP contribution in [0.3, 0.4) is 0 Å². The number of hydrogen-bond donors (Lipinski definition) is 0. The molecule has 11 aromatic rings. The summed E-state index contributed by atoms with van der Waals surface area (Å²) in [6.07, 6.45) is 0. The molecule has 242 valence electrons. The normalized spacial score (nSPS) is 11.8. The molecule has 5 heteroatoms. The predicted octanol–water partition coefficient (Wildman–Crippen LogP) is 12.6. The first-order valence-corrected chi connectivity index (χ1v) is 18.3. The summed E-state index contributed by atoms with van der Waals surface area (Å²) in [5.41, 5.74) is 6.18. The van der Waals surface area contributed by atoms with Crippen LogP contribution >= 0.6 is 11.3 Å². The van der Waals surface area contributed by atoms with Crippen LogP contribution in [-0.2, 0) is 0 Å². The summed E-state index contributed by atoms with van der Waals surface area (Å²) in [5.74, 6) is 1.92. The van der Waals surface area contributed by atoms with Gasteiger partial charge in [-0.1, -0.05) is 121 Å². The Kier molecular flexibility index (Phi) is 6.39. The Hall–Kier alpha value is -6.69. The highest BCUT2D eigenvalue weighted by molar-refractivity contribution is 7.25. The van der Waals surface area contributed by atoms with Gasteiger partial charge in [0.15, 0.2) is 17.5 Å². The molecule has 4 nitrogen and oxygen atoms in total. The maximum Gasteiger partial charge on any atom is 0.166 e. The Morgan fingerprint density at radius 2 is 1.00 bits per heavy atom. The largest absolute Gasteiger partial charge is 0.308 e. The van der Waals surface area contributed by atoms with Gasteiger partial charge in [0, 0.05) is 42.1 Å². The van der Waals surface area contributed by atoms with Crippen molar-refractivity contribution in [1.29, 1.82) is 0 Å². The average Bonchev–Trinajstić information content (AvgIpc) is 3.74. The molecule has 0 amide bonds. The molecular weight excluding hydrogens is 653 g/mol. The Labute approximate surface area is 302 Å². The number of thiophene rings is 1. The monoisotopic (exact) mass is 680 g/mol. The van der Waals surface area contributed by atoms with Crippen LogP contribution in [0.2, 0.25) is 0 Å². The molecule has 3 heterocycles. The van der Waals surface area contributed by atoms with Crippen LogP contribution in [0.5, 0.6) is 0 Å². The van der Waals surface area contributed by atoms with Gasteiger partial charge in [0.25, 0.3) is 0 Å². The van der Waals surface area contributed by atoms with Gasteiger partial charge in [-0.2, -0.15) is 0 Å². The van der Waals surface area contributed by atoms with Crippen molar-refractivity contribution in [3.05, 3.63) is 170 Å². The highest BCUT2D eigenvalue weighted by Gasteiger charge is 2.22. The molecule has 0 aliphatic rings. The molecule has 0 saturated heterocycles. The van der Waals surface area contributed by atoms with Gasteiger partial charge < -0.3 is 4.57 Å². The van der Waals surface area contributed by atoms with Crippen LogP contribution in [0.25, 0.3) is 103 Å². The molecule has 3 aromatic heterocycles. The van der Waals surface area contributed by atoms with Crippen LogP contribution in [-0.4, -0.2) is 19.5 Å². The lowest BCUT2D eigenvalue weighted by atomic mass is 10.0. The highest BCUT2D eigenvalue weighted by atomic mass is 32.1. The number of aromatic nitrogens is 4. The Balaban J connectivity index is 1.24. The third kappa shape index (κ3) is 4.50. The maximum absolute atomic E-state index is 5.37. The number of para-hydroxylation sites is 1. The van der Waals surface area contributed by atoms with Crippen LogP contribution in [0, 0.1) is 0 Å². The van der Waals surface area contributed by atoms with E-state index >= 15 is 0 Å². The van der Waals surface area contributed by atoms with Crippen molar-refractivity contribution in [3.8, 4) is 39.9 Å². The van der Waals surface area contributed by atoms with E-state index in [0.29, 0.717) is 17.5 Å². The minimum atomic E-state index is 0.637. The first-order chi connectivity index (χ1) is 25.8. The Bertz CT molecular complexity index is 3190. The SMILES string of the molecule is c1ccc(-c2nc(-c3ccc4sc5ccccc5c4c3)nc(-c3c(-n4c5ccccc5c5cc6ccccc6cc54)ccc4ccccc34)n2)cc1. The van der Waals surface area contributed by atoms with Gasteiger partial charge in [-0.15, -0.1) is 11.3 Å². The second-order valence-corrected chi connectivity index (χ2v) is 14.3. The van der Waals surface area contributed by atoms with Crippen molar-refractivity contribution in [2.24, 2.45) is 0 Å². The van der Waals surface area contributed by atoms with E-state index in [4.69, 9.17) is 15.0 Å². The summed E-state index contributed by atoms with van der Waals surface area (Å²) in [7, 11) is 0. The standard InChI is InChI=1S/C47H28N4S/c1-2-13-30(14-3-1)45-48-46(33-23-25-43-38(27-33)36-19-9-11-21-42(36)52-43)50-47(49-45)44-34-17-7-6-12-29(34)22-24-40(44)51-39-20-10-8-18-35(39)37-26-31-15-4-5-16-32(31)28-41(37)51/h1-28H. The van der Waals surface area contributed by atoms with Crippen molar-refractivity contribution in [2.75, 3.05) is 0 Å². The zero-order chi connectivity index (χ0) is 34.2. The van der Waals surface area contributed by atoms with E-state index in [0.717, 1.165) is 44.2 Å². The van der Waals surface area contributed by atoms with Crippen molar-refractivity contribution in [2.45, 2.75) is 0 Å². The Morgan fingerprint density at radius 3 is 1.85 bits per heavy atom. The zero-order valence-corrected chi connectivity index (χ0v) is 28.7. The van der Waals surface area contributed by atoms with Crippen molar-refractivity contribution < 1.29 is 0 Å². The van der Waals surface area contributed by atoms with E-state index in [1.165, 1.54) is 41.7 Å². The molecule has 0 saturated carbocycles. The van der Waals surface area contributed by atoms with Gasteiger partial charge in [0.1, 0.15) is 0 Å². The number of fused-ring (bicyclic) bond motifs is 8. The minimum Gasteiger partial charge on any atom is -0.308 e. The summed E-state index contributed by atoms with van der Waals surface area (Å²) in [6.45, 7) is 0. The Morgan fingerprint density at radius 1 is 0.365 bits per heavy atom. The lowest BCUT2D eigenvalue weighted by Gasteiger charge is -2.17. The molecule has 0 spiro atoms. The smallest absolute Gasteiger partial charge is 0.166 e. The number of nitrogens with zero attached hydrogens (tertiary/aromatic N) is 4. The van der Waals surface area contributed by atoms with E-state index < -0.39 is 0 Å². The van der Waals surface area contributed by atoms with Gasteiger partial charge in [0.05, 0.1) is 22.3 Å². The molecule has 11 rings (SSSR count). The van der Waals surface area contributed by atoms with Gasteiger partial charge in [-0.25, -0.2) is 15.0 Å². The average molecular weight is 681 g/mol. The summed E-state index contributed by atoms with van der Waals surface area (Å²) >= 11 is 1.81. The summed E-state index contributed by atoms with van der Waals surface area (Å²) in [4.78, 5) is 15.8. The fourth-order valence-electron chi connectivity index (χ4n) is 7.79. The minimum absolute atomic E-state index is 0.637. The van der Waals surface area contributed by atoms with Crippen LogP contribution < -0.4 is 0 Å². The molecular formula is C47H28N4S. The molecule has 0 unspecified atom stereocenters. The fraction of sp³-hybridized carbons (Fsp3) is 0. The second-order valence-electron chi connectivity index (χ2n) is 13.2. The van der Waals surface area contributed by atoms with Crippen molar-refractivity contribution in [1.82, 2.24) is 19.5 Å². The number of benzene rings is 8. The maximum atomic E-state index is 5.37. The predicted molar refractivity (Wildman–Crippen MR) is 218 cm³/mol. The second kappa shape index (κ2) is 11.4. The van der Waals surface area contributed by atoms with Crippen molar-refractivity contribution in [3.63, 3.8) is 0 Å². The van der Waals surface area contributed by atoms with E-state index in [9.17, 15) is 0 Å². The summed E-state index contributed by atoms with van der Waals surface area (Å²) in [6, 6.07) is 60.3. The first kappa shape index (κ1) is 29.1.